The van der Waals surface area contributed by atoms with Crippen molar-refractivity contribution in [2.75, 3.05) is 18.4 Å². The van der Waals surface area contributed by atoms with Gasteiger partial charge in [0.2, 0.25) is 0 Å². The van der Waals surface area contributed by atoms with Gasteiger partial charge in [0, 0.05) is 23.5 Å². The molecule has 3 rings (SSSR count). The molecule has 0 amide bonds. The molecule has 11 heteroatoms. The Morgan fingerprint density at radius 1 is 0.848 bits per heavy atom. The first-order valence-electron chi connectivity index (χ1n) is 9.62. The summed E-state index contributed by atoms with van der Waals surface area (Å²) >= 11 is 0. The van der Waals surface area contributed by atoms with E-state index in [0.29, 0.717) is 5.56 Å². The van der Waals surface area contributed by atoms with Gasteiger partial charge in [-0.3, -0.25) is 0 Å². The minimum Gasteiger partial charge on any atom is -0.508 e. The second-order valence-electron chi connectivity index (χ2n) is 7.39. The molecule has 0 spiro atoms. The van der Waals surface area contributed by atoms with Crippen molar-refractivity contribution in [3.05, 3.63) is 83.1 Å². The largest absolute Gasteiger partial charge is 0.508 e. The van der Waals surface area contributed by atoms with E-state index in [9.17, 15) is 40.2 Å². The number of hydrogen-bond acceptors (Lipinski definition) is 3. The smallest absolute Gasteiger partial charge is 0.405 e. The molecule has 0 saturated heterocycles. The Labute approximate surface area is 183 Å². The van der Waals surface area contributed by atoms with Gasteiger partial charge in [-0.15, -0.1) is 0 Å². The van der Waals surface area contributed by atoms with Crippen molar-refractivity contribution in [1.82, 2.24) is 5.32 Å². The quantitative estimate of drug-likeness (QED) is 0.418. The molecule has 2 unspecified atom stereocenters. The second-order valence-corrected chi connectivity index (χ2v) is 7.39. The van der Waals surface area contributed by atoms with Crippen LogP contribution in [-0.4, -0.2) is 30.5 Å². The first kappa shape index (κ1) is 24.4. The maximum atomic E-state index is 14.6. The van der Waals surface area contributed by atoms with Crippen LogP contribution in [0.4, 0.5) is 40.8 Å². The predicted octanol–water partition coefficient (Wildman–Crippen LogP) is 6.16. The molecule has 3 N–H and O–H groups in total. The molecule has 1 aliphatic rings. The Balaban J connectivity index is 1.98. The van der Waals surface area contributed by atoms with Gasteiger partial charge in [0.05, 0.1) is 11.4 Å². The van der Waals surface area contributed by atoms with Crippen molar-refractivity contribution in [3.8, 4) is 5.75 Å². The first-order valence-corrected chi connectivity index (χ1v) is 9.62. The Bertz CT molecular complexity index is 1040. The molecule has 0 bridgehead atoms. The fourth-order valence-electron chi connectivity index (χ4n) is 3.54. The highest BCUT2D eigenvalue weighted by Crippen LogP contribution is 2.43. The summed E-state index contributed by atoms with van der Waals surface area (Å²) in [5.74, 6) is -4.45. The van der Waals surface area contributed by atoms with Gasteiger partial charge in [0.15, 0.2) is 0 Å². The zero-order valence-corrected chi connectivity index (χ0v) is 16.7. The summed E-state index contributed by atoms with van der Waals surface area (Å²) in [6.07, 6.45) is -6.99. The number of allylic oxidation sites excluding steroid dienone is 3. The number of halogens is 8. The van der Waals surface area contributed by atoms with E-state index in [4.69, 9.17) is 0 Å². The number of nitrogens with one attached hydrogen (secondary N) is 2. The Morgan fingerprint density at radius 2 is 1.45 bits per heavy atom. The van der Waals surface area contributed by atoms with Gasteiger partial charge in [-0.2, -0.15) is 26.3 Å². The molecular formula is C22H18F8N2O. The predicted molar refractivity (Wildman–Crippen MR) is 106 cm³/mol. The van der Waals surface area contributed by atoms with Gasteiger partial charge < -0.3 is 15.7 Å². The average Bonchev–Trinajstić information content (AvgIpc) is 3.07. The molecule has 0 radical (unpaired) electrons. The Kier molecular flexibility index (Phi) is 6.89. The standard InChI is InChI=1S/C22H18F8N2O/c23-15-6-13(7-17(15)31-10-21(25,26)27)20(12-4-2-1-3-5-12)14-8-16(24)18(9-19(14)33)32-11-22(28,29)30/h1-9,13,20,31-33H,10-11H2. The minimum atomic E-state index is -4.62. The first-order chi connectivity index (χ1) is 15.3. The van der Waals surface area contributed by atoms with Crippen LogP contribution >= 0.6 is 0 Å². The van der Waals surface area contributed by atoms with Crippen molar-refractivity contribution in [3.63, 3.8) is 0 Å². The van der Waals surface area contributed by atoms with Gasteiger partial charge in [0.1, 0.15) is 30.5 Å². The van der Waals surface area contributed by atoms with Crippen molar-refractivity contribution in [2.24, 2.45) is 5.92 Å². The summed E-state index contributed by atoms with van der Waals surface area (Å²) < 4.78 is 104. The van der Waals surface area contributed by atoms with E-state index in [-0.39, 0.29) is 5.56 Å². The van der Waals surface area contributed by atoms with E-state index in [2.05, 4.69) is 0 Å². The number of phenols is 1. The zero-order chi connectivity index (χ0) is 24.4. The molecule has 2 atom stereocenters. The third-order valence-corrected chi connectivity index (χ3v) is 4.91. The van der Waals surface area contributed by atoms with E-state index in [1.165, 1.54) is 6.08 Å². The monoisotopic (exact) mass is 478 g/mol. The fraction of sp³-hybridized carbons (Fsp3) is 0.273. The number of benzene rings is 2. The lowest BCUT2D eigenvalue weighted by atomic mass is 9.80. The number of alkyl halides is 6. The Morgan fingerprint density at radius 3 is 2.06 bits per heavy atom. The second kappa shape index (κ2) is 9.32. The molecule has 0 saturated carbocycles. The van der Waals surface area contributed by atoms with Crippen molar-refractivity contribution >= 4 is 5.69 Å². The molecule has 0 aliphatic heterocycles. The number of aromatic hydroxyl groups is 1. The lowest BCUT2D eigenvalue weighted by molar-refractivity contribution is -0.123. The highest BCUT2D eigenvalue weighted by molar-refractivity contribution is 5.56. The van der Waals surface area contributed by atoms with E-state index >= 15 is 0 Å². The lowest BCUT2D eigenvalue weighted by Gasteiger charge is -2.24. The van der Waals surface area contributed by atoms with Crippen LogP contribution in [0.1, 0.15) is 17.0 Å². The molecule has 0 aromatic heterocycles. The normalized spacial score (nSPS) is 17.4. The zero-order valence-electron chi connectivity index (χ0n) is 16.7. The molecule has 1 aliphatic carbocycles. The van der Waals surface area contributed by atoms with Crippen LogP contribution in [0.5, 0.6) is 5.75 Å². The molecule has 3 nitrogen and oxygen atoms in total. The lowest BCUT2D eigenvalue weighted by Crippen LogP contribution is -2.28. The molecule has 0 heterocycles. The number of phenolic OH excluding ortho intramolecular Hbond substituents is 1. The Hall–Kier alpha value is -3.24. The summed E-state index contributed by atoms with van der Waals surface area (Å²) in [5, 5.41) is 14.3. The fourth-order valence-corrected chi connectivity index (χ4v) is 3.54. The van der Waals surface area contributed by atoms with Crippen molar-refractivity contribution < 1.29 is 40.2 Å². The topological polar surface area (TPSA) is 44.3 Å². The van der Waals surface area contributed by atoms with Crippen LogP contribution < -0.4 is 10.6 Å². The van der Waals surface area contributed by atoms with Crippen LogP contribution in [0, 0.1) is 11.7 Å². The van der Waals surface area contributed by atoms with Crippen molar-refractivity contribution in [1.29, 1.82) is 0 Å². The van der Waals surface area contributed by atoms with Gasteiger partial charge in [-0.1, -0.05) is 36.4 Å². The van der Waals surface area contributed by atoms with Gasteiger partial charge >= 0.3 is 12.4 Å². The third kappa shape index (κ3) is 6.39. The summed E-state index contributed by atoms with van der Waals surface area (Å²) in [6, 6.07) is 9.72. The van der Waals surface area contributed by atoms with Crippen molar-refractivity contribution in [2.45, 2.75) is 18.3 Å². The van der Waals surface area contributed by atoms with E-state index in [1.807, 2.05) is 10.6 Å². The average molecular weight is 478 g/mol. The van der Waals surface area contributed by atoms with Crippen LogP contribution in [0.25, 0.3) is 0 Å². The summed E-state index contributed by atoms with van der Waals surface area (Å²) in [6.45, 7) is -3.00. The highest BCUT2D eigenvalue weighted by atomic mass is 19.4. The van der Waals surface area contributed by atoms with Crippen LogP contribution in [0.2, 0.25) is 0 Å². The summed E-state index contributed by atoms with van der Waals surface area (Å²) in [5.41, 5.74) is -0.581. The molecule has 33 heavy (non-hydrogen) atoms. The number of anilines is 1. The van der Waals surface area contributed by atoms with Crippen LogP contribution in [0.15, 0.2) is 66.1 Å². The minimum absolute atomic E-state index is 0.0707. The molecule has 0 fully saturated rings. The van der Waals surface area contributed by atoms with Gasteiger partial charge in [-0.25, -0.2) is 8.78 Å². The highest BCUT2D eigenvalue weighted by Gasteiger charge is 2.33. The van der Waals surface area contributed by atoms with Crippen LogP contribution in [0.3, 0.4) is 0 Å². The number of hydrogen-bond donors (Lipinski definition) is 3. The maximum Gasteiger partial charge on any atom is 0.405 e. The SMILES string of the molecule is Oc1cc(NCC(F)(F)F)c(F)cc1C(c1ccccc1)C1C=C(F)C(NCC(F)(F)F)=C1. The van der Waals surface area contributed by atoms with E-state index in [1.54, 1.807) is 30.3 Å². The maximum absolute atomic E-state index is 14.6. The molecule has 178 valence electrons. The van der Waals surface area contributed by atoms with E-state index < -0.39 is 66.1 Å². The molecular weight excluding hydrogens is 460 g/mol. The summed E-state index contributed by atoms with van der Waals surface area (Å²) in [4.78, 5) is 0. The third-order valence-electron chi connectivity index (χ3n) is 4.91. The van der Waals surface area contributed by atoms with Crippen LogP contribution in [-0.2, 0) is 0 Å². The molecule has 2 aromatic rings. The van der Waals surface area contributed by atoms with Gasteiger partial charge in [-0.05, 0) is 17.7 Å². The van der Waals surface area contributed by atoms with Gasteiger partial charge in [0.25, 0.3) is 0 Å². The molecule has 2 aromatic carbocycles. The van der Waals surface area contributed by atoms with E-state index in [0.717, 1.165) is 18.2 Å². The number of rotatable bonds is 7. The summed E-state index contributed by atoms with van der Waals surface area (Å²) in [7, 11) is 0.